The van der Waals surface area contributed by atoms with E-state index in [1.165, 1.54) is 10.4 Å². The Balaban J connectivity index is 1.90. The van der Waals surface area contributed by atoms with E-state index in [1.807, 2.05) is 0 Å². The summed E-state index contributed by atoms with van der Waals surface area (Å²) in [5.41, 5.74) is 1.22. The van der Waals surface area contributed by atoms with Crippen molar-refractivity contribution in [2.75, 3.05) is 18.4 Å². The number of anilines is 1. The Morgan fingerprint density at radius 2 is 1.71 bits per heavy atom. The van der Waals surface area contributed by atoms with Gasteiger partial charge < -0.3 is 5.32 Å². The molecule has 1 aliphatic heterocycles. The molecule has 1 aliphatic rings. The van der Waals surface area contributed by atoms with Gasteiger partial charge in [0.2, 0.25) is 10.0 Å². The summed E-state index contributed by atoms with van der Waals surface area (Å²) in [6.07, 6.45) is 1.67. The van der Waals surface area contributed by atoms with Gasteiger partial charge in [-0.25, -0.2) is 8.42 Å². The Hall–Kier alpha value is -1.60. The molecule has 5 nitrogen and oxygen atoms in total. The van der Waals surface area contributed by atoms with Crippen LogP contribution in [0.2, 0.25) is 10.0 Å². The van der Waals surface area contributed by atoms with E-state index >= 15 is 0 Å². The van der Waals surface area contributed by atoms with Gasteiger partial charge in [0.25, 0.3) is 5.91 Å². The zero-order valence-corrected chi connectivity index (χ0v) is 18.0. The summed E-state index contributed by atoms with van der Waals surface area (Å²) in [6, 6.07) is 9.52. The van der Waals surface area contributed by atoms with Gasteiger partial charge in [0.15, 0.2) is 0 Å². The number of rotatable bonds is 4. The molecule has 0 unspecified atom stereocenters. The van der Waals surface area contributed by atoms with Crippen LogP contribution in [0.15, 0.2) is 41.3 Å². The van der Waals surface area contributed by atoms with Crippen LogP contribution >= 0.6 is 23.2 Å². The molecule has 1 fully saturated rings. The van der Waals surface area contributed by atoms with Gasteiger partial charge in [-0.1, -0.05) is 42.3 Å². The quantitative estimate of drug-likeness (QED) is 0.728. The predicted octanol–water partition coefficient (Wildman–Crippen LogP) is 4.97. The molecule has 1 saturated heterocycles. The van der Waals surface area contributed by atoms with Crippen molar-refractivity contribution >= 4 is 44.8 Å². The van der Waals surface area contributed by atoms with E-state index in [9.17, 15) is 13.2 Å². The minimum atomic E-state index is -3.65. The van der Waals surface area contributed by atoms with Gasteiger partial charge in [-0.2, -0.15) is 4.31 Å². The number of halogens is 2. The highest BCUT2D eigenvalue weighted by Gasteiger charge is 2.29. The maximum absolute atomic E-state index is 13.0. The predicted molar refractivity (Wildman–Crippen MR) is 113 cm³/mol. The van der Waals surface area contributed by atoms with Crippen LogP contribution in [0, 0.1) is 12.8 Å². The van der Waals surface area contributed by atoms with Gasteiger partial charge in [0.05, 0.1) is 20.6 Å². The van der Waals surface area contributed by atoms with Crippen molar-refractivity contribution in [3.63, 3.8) is 0 Å². The number of nitrogens with one attached hydrogen (secondary N) is 1. The zero-order chi connectivity index (χ0) is 20.5. The van der Waals surface area contributed by atoms with E-state index < -0.39 is 15.9 Å². The standard InChI is InChI=1S/C20H22Cl2N2O3S/c1-13-8-10-24(11-9-13)28(26,27)15-7-6-14(2)16(12-15)20(25)23-19-17(21)4-3-5-18(19)22/h3-7,12-13H,8-11H2,1-2H3,(H,23,25). The average molecular weight is 441 g/mol. The number of para-hydroxylation sites is 1. The van der Waals surface area contributed by atoms with Crippen molar-refractivity contribution in [2.45, 2.75) is 31.6 Å². The monoisotopic (exact) mass is 440 g/mol. The van der Waals surface area contributed by atoms with E-state index in [4.69, 9.17) is 23.2 Å². The SMILES string of the molecule is Cc1ccc(S(=O)(=O)N2CCC(C)CC2)cc1C(=O)Nc1c(Cl)cccc1Cl. The molecule has 8 heteroatoms. The van der Waals surface area contributed by atoms with Gasteiger partial charge in [-0.05, 0) is 55.5 Å². The lowest BCUT2D eigenvalue weighted by Gasteiger charge is -2.29. The third-order valence-electron chi connectivity index (χ3n) is 5.04. The largest absolute Gasteiger partial charge is 0.319 e. The fourth-order valence-electron chi connectivity index (χ4n) is 3.18. The van der Waals surface area contributed by atoms with Crippen LogP contribution in [0.1, 0.15) is 35.7 Å². The second-order valence-corrected chi connectivity index (χ2v) is 9.87. The van der Waals surface area contributed by atoms with Crippen LogP contribution in [0.4, 0.5) is 5.69 Å². The molecule has 1 amide bonds. The number of nitrogens with zero attached hydrogens (tertiary/aromatic N) is 1. The van der Waals surface area contributed by atoms with Gasteiger partial charge in [-0.3, -0.25) is 4.79 Å². The molecular formula is C20H22Cl2N2O3S. The summed E-state index contributed by atoms with van der Waals surface area (Å²) in [5, 5.41) is 3.31. The van der Waals surface area contributed by atoms with Crippen LogP contribution in [0.5, 0.6) is 0 Å². The molecule has 2 aromatic carbocycles. The molecule has 2 aromatic rings. The molecule has 0 atom stereocenters. The molecule has 1 N–H and O–H groups in total. The highest BCUT2D eigenvalue weighted by molar-refractivity contribution is 7.89. The number of carbonyl (C=O) groups excluding carboxylic acids is 1. The molecule has 150 valence electrons. The second kappa shape index (κ2) is 8.41. The fraction of sp³-hybridized carbons (Fsp3) is 0.350. The summed E-state index contributed by atoms with van der Waals surface area (Å²) < 4.78 is 27.5. The topological polar surface area (TPSA) is 66.5 Å². The van der Waals surface area contributed by atoms with Crippen LogP contribution in [0.25, 0.3) is 0 Å². The molecule has 3 rings (SSSR count). The lowest BCUT2D eigenvalue weighted by atomic mass is 10.0. The first kappa shape index (κ1) is 21.1. The van der Waals surface area contributed by atoms with Gasteiger partial charge >= 0.3 is 0 Å². The first-order valence-electron chi connectivity index (χ1n) is 9.06. The molecule has 0 aromatic heterocycles. The molecule has 28 heavy (non-hydrogen) atoms. The molecule has 0 bridgehead atoms. The van der Waals surface area contributed by atoms with Crippen LogP contribution in [0.3, 0.4) is 0 Å². The number of sulfonamides is 1. The fourth-order valence-corrected chi connectivity index (χ4v) is 5.17. The lowest BCUT2D eigenvalue weighted by Crippen LogP contribution is -2.38. The Morgan fingerprint density at radius 1 is 1.11 bits per heavy atom. The highest BCUT2D eigenvalue weighted by Crippen LogP contribution is 2.31. The summed E-state index contributed by atoms with van der Waals surface area (Å²) in [6.45, 7) is 4.86. The maximum atomic E-state index is 13.0. The van der Waals surface area contributed by atoms with Crippen molar-refractivity contribution < 1.29 is 13.2 Å². The van der Waals surface area contributed by atoms with Crippen molar-refractivity contribution in [1.29, 1.82) is 0 Å². The number of hydrogen-bond acceptors (Lipinski definition) is 3. The Bertz CT molecular complexity index is 980. The van der Waals surface area contributed by atoms with Gasteiger partial charge in [-0.15, -0.1) is 0 Å². The third kappa shape index (κ3) is 4.35. The molecular weight excluding hydrogens is 419 g/mol. The van der Waals surface area contributed by atoms with Crippen molar-refractivity contribution in [3.05, 3.63) is 57.6 Å². The Labute approximate surface area is 175 Å². The molecule has 0 radical (unpaired) electrons. The van der Waals surface area contributed by atoms with E-state index in [1.54, 1.807) is 37.3 Å². The number of amides is 1. The normalized spacial score (nSPS) is 16.1. The Morgan fingerprint density at radius 3 is 2.32 bits per heavy atom. The number of piperidine rings is 1. The highest BCUT2D eigenvalue weighted by atomic mass is 35.5. The summed E-state index contributed by atoms with van der Waals surface area (Å²) in [4.78, 5) is 12.9. The van der Waals surface area contributed by atoms with Gasteiger partial charge in [0, 0.05) is 18.7 Å². The number of aryl methyl sites for hydroxylation is 1. The number of benzene rings is 2. The summed E-state index contributed by atoms with van der Waals surface area (Å²) >= 11 is 12.2. The minimum Gasteiger partial charge on any atom is -0.319 e. The summed E-state index contributed by atoms with van der Waals surface area (Å²) in [5.74, 6) is 0.0583. The minimum absolute atomic E-state index is 0.114. The zero-order valence-electron chi connectivity index (χ0n) is 15.7. The summed E-state index contributed by atoms with van der Waals surface area (Å²) in [7, 11) is -3.65. The Kier molecular flexibility index (Phi) is 6.34. The van der Waals surface area contributed by atoms with E-state index in [0.717, 1.165) is 12.8 Å². The van der Waals surface area contributed by atoms with Crippen molar-refractivity contribution in [2.24, 2.45) is 5.92 Å². The van der Waals surface area contributed by atoms with Crippen molar-refractivity contribution in [1.82, 2.24) is 4.31 Å². The van der Waals surface area contributed by atoms with Crippen molar-refractivity contribution in [3.8, 4) is 0 Å². The van der Waals surface area contributed by atoms with E-state index in [0.29, 0.717) is 40.3 Å². The van der Waals surface area contributed by atoms with E-state index in [2.05, 4.69) is 12.2 Å². The lowest BCUT2D eigenvalue weighted by molar-refractivity contribution is 0.102. The third-order valence-corrected chi connectivity index (χ3v) is 7.56. The first-order valence-corrected chi connectivity index (χ1v) is 11.3. The van der Waals surface area contributed by atoms with Gasteiger partial charge in [0.1, 0.15) is 0 Å². The van der Waals surface area contributed by atoms with Crippen LogP contribution < -0.4 is 5.32 Å². The van der Waals surface area contributed by atoms with Crippen LogP contribution in [-0.4, -0.2) is 31.7 Å². The molecule has 0 aliphatic carbocycles. The van der Waals surface area contributed by atoms with Crippen LogP contribution in [-0.2, 0) is 10.0 Å². The number of hydrogen-bond donors (Lipinski definition) is 1. The second-order valence-electron chi connectivity index (χ2n) is 7.11. The maximum Gasteiger partial charge on any atom is 0.256 e. The first-order chi connectivity index (χ1) is 13.2. The number of carbonyl (C=O) groups is 1. The molecule has 0 spiro atoms. The molecule has 1 heterocycles. The van der Waals surface area contributed by atoms with E-state index in [-0.39, 0.29) is 10.5 Å². The average Bonchev–Trinajstić information content (AvgIpc) is 2.65. The smallest absolute Gasteiger partial charge is 0.256 e. The molecule has 0 saturated carbocycles.